The number of aromatic nitrogens is 2. The molecule has 4 nitrogen and oxygen atoms in total. The second kappa shape index (κ2) is 4.96. The third-order valence-electron chi connectivity index (χ3n) is 3.47. The molecule has 0 radical (unpaired) electrons. The summed E-state index contributed by atoms with van der Waals surface area (Å²) in [6, 6.07) is 8.60. The van der Waals surface area contributed by atoms with Gasteiger partial charge in [-0.15, -0.1) is 0 Å². The number of anilines is 1. The number of rotatable bonds is 3. The zero-order chi connectivity index (χ0) is 13.2. The monoisotopic (exact) mass is 257 g/mol. The Morgan fingerprint density at radius 2 is 2.26 bits per heavy atom. The molecule has 0 spiro atoms. The number of aryl methyl sites for hydroxylation is 1. The van der Waals surface area contributed by atoms with Gasteiger partial charge in [0.1, 0.15) is 5.75 Å². The normalized spacial score (nSPS) is 17.7. The van der Waals surface area contributed by atoms with Gasteiger partial charge in [-0.3, -0.25) is 0 Å². The number of fused-ring (bicyclic) bond motifs is 1. The molecule has 1 N–H and O–H groups in total. The largest absolute Gasteiger partial charge is 0.494 e. The first-order valence-electron chi connectivity index (χ1n) is 6.80. The molecule has 1 atom stereocenters. The van der Waals surface area contributed by atoms with Crippen molar-refractivity contribution in [3.05, 3.63) is 41.7 Å². The predicted octanol–water partition coefficient (Wildman–Crippen LogP) is 3.00. The average Bonchev–Trinajstić information content (AvgIpc) is 2.80. The Balaban J connectivity index is 2.03. The van der Waals surface area contributed by atoms with Crippen molar-refractivity contribution >= 4 is 5.95 Å². The van der Waals surface area contributed by atoms with Crippen LogP contribution in [0, 0.1) is 6.92 Å². The number of imidazole rings is 1. The minimum Gasteiger partial charge on any atom is -0.494 e. The zero-order valence-electron chi connectivity index (χ0n) is 11.4. The van der Waals surface area contributed by atoms with Crippen molar-refractivity contribution < 1.29 is 4.74 Å². The van der Waals surface area contributed by atoms with E-state index >= 15 is 0 Å². The summed E-state index contributed by atoms with van der Waals surface area (Å²) in [5, 5.41) is 3.35. The maximum atomic E-state index is 5.76. The summed E-state index contributed by atoms with van der Waals surface area (Å²) < 4.78 is 7.98. The lowest BCUT2D eigenvalue weighted by molar-refractivity contribution is 0.330. The van der Waals surface area contributed by atoms with Gasteiger partial charge >= 0.3 is 0 Å². The number of ether oxygens (including phenoxy) is 1. The fourth-order valence-corrected chi connectivity index (χ4v) is 2.69. The summed E-state index contributed by atoms with van der Waals surface area (Å²) in [4.78, 5) is 4.51. The van der Waals surface area contributed by atoms with Crippen LogP contribution in [-0.4, -0.2) is 22.7 Å². The Hall–Kier alpha value is -1.97. The molecule has 1 aliphatic rings. The molecule has 1 aromatic carbocycles. The Labute approximate surface area is 113 Å². The van der Waals surface area contributed by atoms with Gasteiger partial charge in [0.05, 0.1) is 18.3 Å². The molecule has 0 aliphatic carbocycles. The molecule has 0 fully saturated rings. The fraction of sp³-hybridized carbons (Fsp3) is 0.400. The van der Waals surface area contributed by atoms with Crippen LogP contribution in [0.25, 0.3) is 0 Å². The molecule has 4 heteroatoms. The summed E-state index contributed by atoms with van der Waals surface area (Å²) >= 11 is 0. The highest BCUT2D eigenvalue weighted by Gasteiger charge is 2.24. The summed E-state index contributed by atoms with van der Waals surface area (Å²) in [7, 11) is 0. The molecule has 1 aromatic heterocycles. The Bertz CT molecular complexity index is 577. The molecule has 100 valence electrons. The van der Waals surface area contributed by atoms with Crippen LogP contribution >= 0.6 is 0 Å². The van der Waals surface area contributed by atoms with Crippen LogP contribution in [0.1, 0.15) is 30.6 Å². The third kappa shape index (κ3) is 2.18. The average molecular weight is 257 g/mol. The SMILES string of the molecule is CCOc1ccccc1C1CCNc2nc(C)cn21. The number of hydrogen-bond donors (Lipinski definition) is 1. The number of nitrogens with one attached hydrogen (secondary N) is 1. The second-order valence-electron chi connectivity index (χ2n) is 4.82. The van der Waals surface area contributed by atoms with Crippen LogP contribution < -0.4 is 10.1 Å². The van der Waals surface area contributed by atoms with Crippen molar-refractivity contribution in [3.8, 4) is 5.75 Å². The van der Waals surface area contributed by atoms with Crippen LogP contribution in [0.3, 0.4) is 0 Å². The lowest BCUT2D eigenvalue weighted by atomic mass is 10.0. The van der Waals surface area contributed by atoms with Gasteiger partial charge in [-0.25, -0.2) is 4.98 Å². The van der Waals surface area contributed by atoms with Crippen molar-refractivity contribution in [2.75, 3.05) is 18.5 Å². The van der Waals surface area contributed by atoms with Crippen molar-refractivity contribution in [2.24, 2.45) is 0 Å². The highest BCUT2D eigenvalue weighted by Crippen LogP contribution is 2.34. The standard InChI is InChI=1S/C15H19N3O/c1-3-19-14-7-5-4-6-12(14)13-8-9-16-15-17-11(2)10-18(13)15/h4-7,10,13H,3,8-9H2,1-2H3,(H,16,17). The number of hydrogen-bond acceptors (Lipinski definition) is 3. The molecule has 19 heavy (non-hydrogen) atoms. The molecule has 3 rings (SSSR count). The Morgan fingerprint density at radius 3 is 3.11 bits per heavy atom. The molecule has 0 saturated carbocycles. The van der Waals surface area contributed by atoms with Crippen LogP contribution in [0.15, 0.2) is 30.5 Å². The summed E-state index contributed by atoms with van der Waals surface area (Å²) in [5.41, 5.74) is 2.28. The van der Waals surface area contributed by atoms with Gasteiger partial charge < -0.3 is 14.6 Å². The predicted molar refractivity (Wildman–Crippen MR) is 75.8 cm³/mol. The summed E-state index contributed by atoms with van der Waals surface area (Å²) in [6.07, 6.45) is 3.15. The van der Waals surface area contributed by atoms with E-state index in [9.17, 15) is 0 Å². The van der Waals surface area contributed by atoms with Gasteiger partial charge in [-0.2, -0.15) is 0 Å². The van der Waals surface area contributed by atoms with E-state index < -0.39 is 0 Å². The minimum absolute atomic E-state index is 0.306. The van der Waals surface area contributed by atoms with Crippen LogP contribution in [0.5, 0.6) is 5.75 Å². The minimum atomic E-state index is 0.306. The third-order valence-corrected chi connectivity index (χ3v) is 3.47. The van der Waals surface area contributed by atoms with E-state index in [1.54, 1.807) is 0 Å². The van der Waals surface area contributed by atoms with E-state index in [2.05, 4.69) is 33.2 Å². The van der Waals surface area contributed by atoms with Gasteiger partial charge in [0.15, 0.2) is 0 Å². The van der Waals surface area contributed by atoms with Crippen molar-refractivity contribution in [1.82, 2.24) is 9.55 Å². The smallest absolute Gasteiger partial charge is 0.203 e. The molecular weight excluding hydrogens is 238 g/mol. The van der Waals surface area contributed by atoms with Gasteiger partial charge in [0.2, 0.25) is 5.95 Å². The molecule has 0 amide bonds. The van der Waals surface area contributed by atoms with Crippen molar-refractivity contribution in [1.29, 1.82) is 0 Å². The van der Waals surface area contributed by atoms with E-state index in [0.29, 0.717) is 12.6 Å². The van der Waals surface area contributed by atoms with E-state index in [-0.39, 0.29) is 0 Å². The highest BCUT2D eigenvalue weighted by atomic mass is 16.5. The lowest BCUT2D eigenvalue weighted by Crippen LogP contribution is -2.23. The first-order valence-corrected chi connectivity index (χ1v) is 6.80. The number of benzene rings is 1. The Morgan fingerprint density at radius 1 is 1.42 bits per heavy atom. The molecule has 1 aliphatic heterocycles. The molecule has 2 aromatic rings. The van der Waals surface area contributed by atoms with Crippen LogP contribution in [-0.2, 0) is 0 Å². The van der Waals surface area contributed by atoms with Gasteiger partial charge in [0.25, 0.3) is 0 Å². The molecular formula is C15H19N3O. The summed E-state index contributed by atoms with van der Waals surface area (Å²) in [6.45, 7) is 5.68. The second-order valence-corrected chi connectivity index (χ2v) is 4.82. The topological polar surface area (TPSA) is 39.1 Å². The quantitative estimate of drug-likeness (QED) is 0.918. The van der Waals surface area contributed by atoms with Gasteiger partial charge in [0, 0.05) is 18.3 Å². The molecule has 0 saturated heterocycles. The Kier molecular flexibility index (Phi) is 3.15. The fourth-order valence-electron chi connectivity index (χ4n) is 2.69. The first kappa shape index (κ1) is 12.1. The van der Waals surface area contributed by atoms with E-state index in [1.807, 2.05) is 26.0 Å². The lowest BCUT2D eigenvalue weighted by Gasteiger charge is -2.27. The molecule has 1 unspecified atom stereocenters. The first-order chi connectivity index (χ1) is 9.29. The van der Waals surface area contributed by atoms with Crippen LogP contribution in [0.4, 0.5) is 5.95 Å². The van der Waals surface area contributed by atoms with Gasteiger partial charge in [-0.1, -0.05) is 18.2 Å². The highest BCUT2D eigenvalue weighted by molar-refractivity contribution is 5.41. The van der Waals surface area contributed by atoms with E-state index in [1.165, 1.54) is 5.56 Å². The molecule has 2 heterocycles. The van der Waals surface area contributed by atoms with Crippen molar-refractivity contribution in [3.63, 3.8) is 0 Å². The van der Waals surface area contributed by atoms with Crippen LogP contribution in [0.2, 0.25) is 0 Å². The number of nitrogens with zero attached hydrogens (tertiary/aromatic N) is 2. The van der Waals surface area contributed by atoms with Gasteiger partial charge in [-0.05, 0) is 26.3 Å². The zero-order valence-corrected chi connectivity index (χ0v) is 11.4. The maximum Gasteiger partial charge on any atom is 0.203 e. The summed E-state index contributed by atoms with van der Waals surface area (Å²) in [5.74, 6) is 1.94. The maximum absolute atomic E-state index is 5.76. The van der Waals surface area contributed by atoms with E-state index in [4.69, 9.17) is 4.74 Å². The van der Waals surface area contributed by atoms with E-state index in [0.717, 1.165) is 30.4 Å². The molecule has 0 bridgehead atoms. The number of para-hydroxylation sites is 1. The van der Waals surface area contributed by atoms with Crippen molar-refractivity contribution in [2.45, 2.75) is 26.3 Å².